The Morgan fingerprint density at radius 2 is 1.90 bits per heavy atom. The third kappa shape index (κ3) is 5.06. The summed E-state index contributed by atoms with van der Waals surface area (Å²) in [6.07, 6.45) is 0. The quantitative estimate of drug-likeness (QED) is 0.720. The van der Waals surface area contributed by atoms with Crippen LogP contribution in [-0.4, -0.2) is 55.4 Å². The molecule has 20 heavy (non-hydrogen) atoms. The first kappa shape index (κ1) is 17.4. The van der Waals surface area contributed by atoms with Crippen LogP contribution >= 0.6 is 23.2 Å². The summed E-state index contributed by atoms with van der Waals surface area (Å²) in [5.41, 5.74) is 0.606. The maximum atomic E-state index is 12.3. The normalized spacial score (nSPS) is 13.0. The topological polar surface area (TPSA) is 23.6 Å². The molecule has 0 amide bonds. The number of halogens is 2. The molecule has 0 aliphatic carbocycles. The van der Waals surface area contributed by atoms with Gasteiger partial charge in [-0.2, -0.15) is 0 Å². The molecule has 0 heterocycles. The molecule has 0 aromatic heterocycles. The molecule has 1 atom stereocenters. The number of likely N-dealkylation sites (N-methyl/N-ethyl adjacent to an activating group) is 2. The van der Waals surface area contributed by atoms with E-state index in [2.05, 4.69) is 23.6 Å². The molecule has 0 aliphatic rings. The van der Waals surface area contributed by atoms with Crippen LogP contribution in [0.5, 0.6) is 0 Å². The van der Waals surface area contributed by atoms with Gasteiger partial charge in [0.2, 0.25) is 0 Å². The van der Waals surface area contributed by atoms with Crippen molar-refractivity contribution in [2.45, 2.75) is 19.9 Å². The average Bonchev–Trinajstić information content (AvgIpc) is 2.37. The highest BCUT2D eigenvalue weighted by Crippen LogP contribution is 2.23. The standard InChI is InChI=1S/C15H22Cl2N2O/c1-5-19(11(2)9-18(3)4)10-15(20)12-6-7-13(16)14(17)8-12/h6-8,11H,5,9-10H2,1-4H3. The molecule has 1 aromatic carbocycles. The third-order valence-electron chi connectivity index (χ3n) is 3.25. The van der Waals surface area contributed by atoms with Gasteiger partial charge in [0.15, 0.2) is 5.78 Å². The first-order valence-electron chi connectivity index (χ1n) is 6.72. The Hall–Kier alpha value is -0.610. The van der Waals surface area contributed by atoms with Crippen LogP contribution in [0.25, 0.3) is 0 Å². The smallest absolute Gasteiger partial charge is 0.176 e. The molecule has 0 N–H and O–H groups in total. The molecular formula is C15H22Cl2N2O. The van der Waals surface area contributed by atoms with E-state index in [1.54, 1.807) is 18.2 Å². The van der Waals surface area contributed by atoms with E-state index in [1.807, 2.05) is 14.1 Å². The second-order valence-electron chi connectivity index (χ2n) is 5.23. The number of nitrogens with zero attached hydrogens (tertiary/aromatic N) is 2. The van der Waals surface area contributed by atoms with Gasteiger partial charge in [-0.3, -0.25) is 9.69 Å². The molecule has 0 spiro atoms. The largest absolute Gasteiger partial charge is 0.308 e. The van der Waals surface area contributed by atoms with Crippen molar-refractivity contribution in [1.29, 1.82) is 0 Å². The number of benzene rings is 1. The Labute approximate surface area is 131 Å². The predicted molar refractivity (Wildman–Crippen MR) is 86.1 cm³/mol. The lowest BCUT2D eigenvalue weighted by atomic mass is 10.1. The van der Waals surface area contributed by atoms with Crippen molar-refractivity contribution in [3.05, 3.63) is 33.8 Å². The fourth-order valence-electron chi connectivity index (χ4n) is 2.17. The fraction of sp³-hybridized carbons (Fsp3) is 0.533. The molecule has 0 bridgehead atoms. The third-order valence-corrected chi connectivity index (χ3v) is 3.99. The van der Waals surface area contributed by atoms with Crippen LogP contribution < -0.4 is 0 Å². The second-order valence-corrected chi connectivity index (χ2v) is 6.04. The molecular weight excluding hydrogens is 295 g/mol. The first-order chi connectivity index (χ1) is 9.35. The predicted octanol–water partition coefficient (Wildman–Crippen LogP) is 3.45. The van der Waals surface area contributed by atoms with E-state index >= 15 is 0 Å². The van der Waals surface area contributed by atoms with Gasteiger partial charge in [-0.1, -0.05) is 30.1 Å². The van der Waals surface area contributed by atoms with Crippen molar-refractivity contribution in [2.24, 2.45) is 0 Å². The van der Waals surface area contributed by atoms with Crippen LogP contribution in [0.15, 0.2) is 18.2 Å². The lowest BCUT2D eigenvalue weighted by molar-refractivity contribution is 0.0888. The number of carbonyl (C=O) groups is 1. The van der Waals surface area contributed by atoms with Crippen LogP contribution in [0.3, 0.4) is 0 Å². The summed E-state index contributed by atoms with van der Waals surface area (Å²) in [5.74, 6) is 0.0658. The maximum Gasteiger partial charge on any atom is 0.176 e. The molecule has 3 nitrogen and oxygen atoms in total. The summed E-state index contributed by atoms with van der Waals surface area (Å²) < 4.78 is 0. The van der Waals surface area contributed by atoms with Gasteiger partial charge in [-0.15, -0.1) is 0 Å². The zero-order valence-electron chi connectivity index (χ0n) is 12.5. The number of ketones is 1. The summed E-state index contributed by atoms with van der Waals surface area (Å²) in [4.78, 5) is 16.6. The van der Waals surface area contributed by atoms with E-state index in [4.69, 9.17) is 23.2 Å². The molecule has 0 aliphatic heterocycles. The van der Waals surface area contributed by atoms with E-state index in [0.717, 1.165) is 13.1 Å². The van der Waals surface area contributed by atoms with E-state index in [1.165, 1.54) is 0 Å². The van der Waals surface area contributed by atoms with Crippen molar-refractivity contribution in [3.63, 3.8) is 0 Å². The fourth-order valence-corrected chi connectivity index (χ4v) is 2.47. The SMILES string of the molecule is CCN(CC(=O)c1ccc(Cl)c(Cl)c1)C(C)CN(C)C. The van der Waals surface area contributed by atoms with Gasteiger partial charge in [-0.25, -0.2) is 0 Å². The lowest BCUT2D eigenvalue weighted by Crippen LogP contribution is -2.42. The minimum atomic E-state index is 0.0658. The Morgan fingerprint density at radius 1 is 1.25 bits per heavy atom. The molecule has 112 valence electrons. The Kier molecular flexibility index (Phi) is 6.96. The van der Waals surface area contributed by atoms with Gasteiger partial charge in [-0.05, 0) is 45.8 Å². The van der Waals surface area contributed by atoms with Crippen molar-refractivity contribution in [1.82, 2.24) is 9.80 Å². The van der Waals surface area contributed by atoms with Gasteiger partial charge in [0.05, 0.1) is 16.6 Å². The Bertz CT molecular complexity index is 463. The molecule has 0 saturated heterocycles. The van der Waals surface area contributed by atoms with E-state index in [0.29, 0.717) is 28.2 Å². The van der Waals surface area contributed by atoms with Crippen LogP contribution in [0, 0.1) is 0 Å². The van der Waals surface area contributed by atoms with Crippen LogP contribution in [-0.2, 0) is 0 Å². The number of hydrogen-bond donors (Lipinski definition) is 0. The van der Waals surface area contributed by atoms with Crippen molar-refractivity contribution in [2.75, 3.05) is 33.7 Å². The van der Waals surface area contributed by atoms with E-state index < -0.39 is 0 Å². The van der Waals surface area contributed by atoms with Gasteiger partial charge in [0.1, 0.15) is 0 Å². The van der Waals surface area contributed by atoms with Gasteiger partial charge >= 0.3 is 0 Å². The first-order valence-corrected chi connectivity index (χ1v) is 7.47. The molecule has 1 rings (SSSR count). The summed E-state index contributed by atoms with van der Waals surface area (Å²) >= 11 is 11.8. The molecule has 5 heteroatoms. The summed E-state index contributed by atoms with van der Waals surface area (Å²) in [6.45, 7) is 6.34. The minimum Gasteiger partial charge on any atom is -0.308 e. The average molecular weight is 317 g/mol. The van der Waals surface area contributed by atoms with Crippen molar-refractivity contribution >= 4 is 29.0 Å². The van der Waals surface area contributed by atoms with Crippen molar-refractivity contribution in [3.8, 4) is 0 Å². The number of hydrogen-bond acceptors (Lipinski definition) is 3. The second kappa shape index (κ2) is 7.99. The summed E-state index contributed by atoms with van der Waals surface area (Å²) in [7, 11) is 4.07. The monoisotopic (exact) mass is 316 g/mol. The van der Waals surface area contributed by atoms with Crippen LogP contribution in [0.4, 0.5) is 0 Å². The molecule has 0 radical (unpaired) electrons. The highest BCUT2D eigenvalue weighted by atomic mass is 35.5. The molecule has 0 saturated carbocycles. The number of rotatable bonds is 7. The molecule has 0 fully saturated rings. The summed E-state index contributed by atoms with van der Waals surface area (Å²) in [5, 5.41) is 0.887. The van der Waals surface area contributed by atoms with Crippen LogP contribution in [0.2, 0.25) is 10.0 Å². The zero-order chi connectivity index (χ0) is 15.3. The number of carbonyl (C=O) groups excluding carboxylic acids is 1. The highest BCUT2D eigenvalue weighted by Gasteiger charge is 2.17. The summed E-state index contributed by atoms with van der Waals surface area (Å²) in [6, 6.07) is 5.34. The maximum absolute atomic E-state index is 12.3. The van der Waals surface area contributed by atoms with E-state index in [9.17, 15) is 4.79 Å². The number of Topliss-reactive ketones (excluding diaryl/α,β-unsaturated/α-hetero) is 1. The van der Waals surface area contributed by atoms with Crippen molar-refractivity contribution < 1.29 is 4.79 Å². The minimum absolute atomic E-state index is 0.0658. The molecule has 1 unspecified atom stereocenters. The Balaban J connectivity index is 2.74. The van der Waals surface area contributed by atoms with Gasteiger partial charge < -0.3 is 4.90 Å². The lowest BCUT2D eigenvalue weighted by Gasteiger charge is -2.29. The van der Waals surface area contributed by atoms with Gasteiger partial charge in [0.25, 0.3) is 0 Å². The molecule has 1 aromatic rings. The zero-order valence-corrected chi connectivity index (χ0v) is 14.0. The highest BCUT2D eigenvalue weighted by molar-refractivity contribution is 6.42. The van der Waals surface area contributed by atoms with E-state index in [-0.39, 0.29) is 5.78 Å². The van der Waals surface area contributed by atoms with Crippen LogP contribution in [0.1, 0.15) is 24.2 Å². The Morgan fingerprint density at radius 3 is 2.40 bits per heavy atom. The van der Waals surface area contributed by atoms with Gasteiger partial charge in [0, 0.05) is 18.2 Å².